The molecule has 0 unspecified atom stereocenters. The van der Waals surface area contributed by atoms with Crippen LogP contribution in [0.3, 0.4) is 0 Å². The standard InChI is InChI=1S/C21H18N2O4/c1-25-17-4-2-15(3-5-17)13-26-18-6-7-19-16(12-23-9-8-22-14-23)10-21(24)27-20(19)11-18/h2-11,14H,12-13H2,1H3. The van der Waals surface area contributed by atoms with Crippen LogP contribution in [0.25, 0.3) is 11.0 Å². The molecule has 4 rings (SSSR count). The monoisotopic (exact) mass is 362 g/mol. The molecule has 0 aliphatic rings. The molecule has 0 saturated heterocycles. The van der Waals surface area contributed by atoms with Crippen molar-refractivity contribution in [1.82, 2.24) is 9.55 Å². The van der Waals surface area contributed by atoms with Gasteiger partial charge in [0.2, 0.25) is 0 Å². The Labute approximate surface area is 155 Å². The van der Waals surface area contributed by atoms with E-state index in [0.29, 0.717) is 24.5 Å². The highest BCUT2D eigenvalue weighted by Gasteiger charge is 2.08. The summed E-state index contributed by atoms with van der Waals surface area (Å²) in [6, 6.07) is 14.7. The van der Waals surface area contributed by atoms with Crippen LogP contribution in [-0.2, 0) is 13.2 Å². The summed E-state index contributed by atoms with van der Waals surface area (Å²) in [5.74, 6) is 1.44. The first-order valence-corrected chi connectivity index (χ1v) is 8.49. The van der Waals surface area contributed by atoms with Crippen LogP contribution in [0.1, 0.15) is 11.1 Å². The quantitative estimate of drug-likeness (QED) is 0.490. The molecule has 4 aromatic rings. The first-order chi connectivity index (χ1) is 13.2. The number of aromatic nitrogens is 2. The minimum Gasteiger partial charge on any atom is -0.497 e. The van der Waals surface area contributed by atoms with Gasteiger partial charge in [-0.1, -0.05) is 12.1 Å². The van der Waals surface area contributed by atoms with E-state index in [1.807, 2.05) is 47.2 Å². The van der Waals surface area contributed by atoms with Gasteiger partial charge in [-0.3, -0.25) is 0 Å². The second-order valence-electron chi connectivity index (χ2n) is 6.12. The summed E-state index contributed by atoms with van der Waals surface area (Å²) < 4.78 is 18.3. The molecule has 6 nitrogen and oxygen atoms in total. The Morgan fingerprint density at radius 1 is 1.07 bits per heavy atom. The lowest BCUT2D eigenvalue weighted by atomic mass is 10.1. The number of hydrogen-bond acceptors (Lipinski definition) is 5. The third-order valence-corrected chi connectivity index (χ3v) is 4.28. The average molecular weight is 362 g/mol. The number of rotatable bonds is 6. The SMILES string of the molecule is COc1ccc(COc2ccc3c(Cn4ccnc4)cc(=O)oc3c2)cc1. The van der Waals surface area contributed by atoms with Crippen molar-refractivity contribution in [3.05, 3.63) is 88.8 Å². The van der Waals surface area contributed by atoms with Crippen molar-refractivity contribution in [3.63, 3.8) is 0 Å². The summed E-state index contributed by atoms with van der Waals surface area (Å²) in [5.41, 5.74) is 2.02. The van der Waals surface area contributed by atoms with Crippen LogP contribution in [0, 0.1) is 0 Å². The second kappa shape index (κ2) is 7.37. The molecule has 0 aliphatic carbocycles. The maximum atomic E-state index is 11.9. The van der Waals surface area contributed by atoms with Gasteiger partial charge in [0, 0.05) is 36.5 Å². The fourth-order valence-corrected chi connectivity index (χ4v) is 2.90. The van der Waals surface area contributed by atoms with E-state index in [1.165, 1.54) is 6.07 Å². The Morgan fingerprint density at radius 2 is 1.89 bits per heavy atom. The van der Waals surface area contributed by atoms with E-state index in [1.54, 1.807) is 25.7 Å². The number of hydrogen-bond donors (Lipinski definition) is 0. The number of nitrogens with zero attached hydrogens (tertiary/aromatic N) is 2. The van der Waals surface area contributed by atoms with Crippen molar-refractivity contribution in [3.8, 4) is 11.5 Å². The fraction of sp³-hybridized carbons (Fsp3) is 0.143. The highest BCUT2D eigenvalue weighted by molar-refractivity contribution is 5.81. The van der Waals surface area contributed by atoms with E-state index in [2.05, 4.69) is 4.98 Å². The molecule has 2 aromatic heterocycles. The van der Waals surface area contributed by atoms with Gasteiger partial charge in [0.1, 0.15) is 23.7 Å². The number of benzene rings is 2. The van der Waals surface area contributed by atoms with Crippen LogP contribution in [-0.4, -0.2) is 16.7 Å². The maximum Gasteiger partial charge on any atom is 0.336 e. The Balaban J connectivity index is 1.57. The summed E-state index contributed by atoms with van der Waals surface area (Å²) in [6.07, 6.45) is 5.28. The number of methoxy groups -OCH3 is 1. The van der Waals surface area contributed by atoms with Crippen LogP contribution in [0.4, 0.5) is 0 Å². The van der Waals surface area contributed by atoms with Crippen molar-refractivity contribution in [2.45, 2.75) is 13.2 Å². The normalized spacial score (nSPS) is 10.9. The highest BCUT2D eigenvalue weighted by atomic mass is 16.5. The average Bonchev–Trinajstić information content (AvgIpc) is 3.19. The van der Waals surface area contributed by atoms with Crippen molar-refractivity contribution >= 4 is 11.0 Å². The van der Waals surface area contributed by atoms with E-state index in [9.17, 15) is 4.79 Å². The predicted molar refractivity (Wildman–Crippen MR) is 101 cm³/mol. The lowest BCUT2D eigenvalue weighted by molar-refractivity contribution is 0.306. The molecule has 136 valence electrons. The van der Waals surface area contributed by atoms with E-state index in [0.717, 1.165) is 22.3 Å². The van der Waals surface area contributed by atoms with Crippen LogP contribution in [0.2, 0.25) is 0 Å². The van der Waals surface area contributed by atoms with Gasteiger partial charge in [-0.25, -0.2) is 9.78 Å². The second-order valence-corrected chi connectivity index (χ2v) is 6.12. The lowest BCUT2D eigenvalue weighted by Gasteiger charge is -2.10. The van der Waals surface area contributed by atoms with Gasteiger partial charge in [-0.15, -0.1) is 0 Å². The van der Waals surface area contributed by atoms with Gasteiger partial charge in [-0.2, -0.15) is 0 Å². The largest absolute Gasteiger partial charge is 0.497 e. The third-order valence-electron chi connectivity index (χ3n) is 4.28. The Hall–Kier alpha value is -3.54. The van der Waals surface area contributed by atoms with Crippen molar-refractivity contribution < 1.29 is 13.9 Å². The number of ether oxygens (including phenoxy) is 2. The Bertz CT molecular complexity index is 1100. The molecule has 0 N–H and O–H groups in total. The highest BCUT2D eigenvalue weighted by Crippen LogP contribution is 2.24. The van der Waals surface area contributed by atoms with Crippen LogP contribution < -0.4 is 15.1 Å². The molecule has 0 atom stereocenters. The van der Waals surface area contributed by atoms with Crippen LogP contribution in [0.5, 0.6) is 11.5 Å². The summed E-state index contributed by atoms with van der Waals surface area (Å²) in [5, 5.41) is 0.875. The molecule has 6 heteroatoms. The molecular formula is C21H18N2O4. The molecule has 0 bridgehead atoms. The van der Waals surface area contributed by atoms with Crippen LogP contribution in [0.15, 0.2) is 76.5 Å². The van der Waals surface area contributed by atoms with Gasteiger partial charge in [0.25, 0.3) is 0 Å². The van der Waals surface area contributed by atoms with Gasteiger partial charge in [0.15, 0.2) is 0 Å². The molecule has 0 fully saturated rings. The smallest absolute Gasteiger partial charge is 0.336 e. The minimum atomic E-state index is -0.384. The van der Waals surface area contributed by atoms with Crippen molar-refractivity contribution in [1.29, 1.82) is 0 Å². The Morgan fingerprint density at radius 3 is 2.63 bits per heavy atom. The molecule has 27 heavy (non-hydrogen) atoms. The van der Waals surface area contributed by atoms with Crippen molar-refractivity contribution in [2.75, 3.05) is 7.11 Å². The molecule has 2 heterocycles. The molecule has 0 aliphatic heterocycles. The van der Waals surface area contributed by atoms with Gasteiger partial charge in [-0.05, 0) is 35.4 Å². The summed E-state index contributed by atoms with van der Waals surface area (Å²) in [7, 11) is 1.63. The number of fused-ring (bicyclic) bond motifs is 1. The van der Waals surface area contributed by atoms with Gasteiger partial charge in [0.05, 0.1) is 13.4 Å². The topological polar surface area (TPSA) is 66.5 Å². The lowest BCUT2D eigenvalue weighted by Crippen LogP contribution is -2.05. The zero-order chi connectivity index (χ0) is 18.6. The summed E-state index contributed by atoms with van der Waals surface area (Å²) >= 11 is 0. The van der Waals surface area contributed by atoms with E-state index in [-0.39, 0.29) is 5.63 Å². The van der Waals surface area contributed by atoms with Gasteiger partial charge >= 0.3 is 5.63 Å². The molecule has 2 aromatic carbocycles. The molecule has 0 radical (unpaired) electrons. The third kappa shape index (κ3) is 3.84. The summed E-state index contributed by atoms with van der Waals surface area (Å²) in [4.78, 5) is 16.0. The molecular weight excluding hydrogens is 344 g/mol. The molecule has 0 spiro atoms. The van der Waals surface area contributed by atoms with E-state index >= 15 is 0 Å². The van der Waals surface area contributed by atoms with E-state index in [4.69, 9.17) is 13.9 Å². The minimum absolute atomic E-state index is 0.384. The first-order valence-electron chi connectivity index (χ1n) is 8.49. The van der Waals surface area contributed by atoms with E-state index < -0.39 is 0 Å². The van der Waals surface area contributed by atoms with Crippen LogP contribution >= 0.6 is 0 Å². The summed E-state index contributed by atoms with van der Waals surface area (Å²) in [6.45, 7) is 0.961. The predicted octanol–water partition coefficient (Wildman–Crippen LogP) is 3.63. The van der Waals surface area contributed by atoms with Crippen molar-refractivity contribution in [2.24, 2.45) is 0 Å². The number of imidazole rings is 1. The van der Waals surface area contributed by atoms with Gasteiger partial charge < -0.3 is 18.5 Å². The molecule has 0 amide bonds. The zero-order valence-electron chi connectivity index (χ0n) is 14.8. The Kier molecular flexibility index (Phi) is 4.61. The zero-order valence-corrected chi connectivity index (χ0v) is 14.8. The fourth-order valence-electron chi connectivity index (χ4n) is 2.90. The maximum absolute atomic E-state index is 11.9. The molecule has 0 saturated carbocycles. The first kappa shape index (κ1) is 16.9.